The van der Waals surface area contributed by atoms with Gasteiger partial charge in [-0.15, -0.1) is 0 Å². The molecule has 0 aliphatic carbocycles. The Morgan fingerprint density at radius 3 is 2.21 bits per heavy atom. The van der Waals surface area contributed by atoms with Crippen LogP contribution in [-0.2, 0) is 19.0 Å². The number of ether oxygens (including phenoxy) is 3. The summed E-state index contributed by atoms with van der Waals surface area (Å²) in [6, 6.07) is 0. The van der Waals surface area contributed by atoms with Crippen molar-refractivity contribution in [2.45, 2.75) is 51.5 Å². The van der Waals surface area contributed by atoms with Gasteiger partial charge in [-0.2, -0.15) is 0 Å². The molecule has 7 nitrogen and oxygen atoms in total. The maximum absolute atomic E-state index is 11.6. The van der Waals surface area contributed by atoms with Gasteiger partial charge < -0.3 is 29.5 Å². The summed E-state index contributed by atoms with van der Waals surface area (Å²) in [5.74, 6) is -0.446. The minimum absolute atomic E-state index is 0.221. The van der Waals surface area contributed by atoms with E-state index in [4.69, 9.17) is 14.2 Å². The Morgan fingerprint density at radius 1 is 1.16 bits per heavy atom. The number of esters is 1. The first kappa shape index (κ1) is 16.3. The monoisotopic (exact) mass is 278 g/mol. The van der Waals surface area contributed by atoms with Gasteiger partial charge in [0.05, 0.1) is 5.41 Å². The summed E-state index contributed by atoms with van der Waals surface area (Å²) in [4.78, 5) is 11.6. The lowest BCUT2D eigenvalue weighted by atomic mass is 9.97. The molecule has 1 saturated heterocycles. The summed E-state index contributed by atoms with van der Waals surface area (Å²) >= 11 is 0. The third-order valence-corrected chi connectivity index (χ3v) is 2.89. The Kier molecular flexibility index (Phi) is 5.28. The summed E-state index contributed by atoms with van der Waals surface area (Å²) in [6.45, 7) is 4.87. The van der Waals surface area contributed by atoms with E-state index in [0.29, 0.717) is 0 Å². The molecular formula is C12H22O7. The van der Waals surface area contributed by atoms with Crippen molar-refractivity contribution in [3.8, 4) is 0 Å². The molecule has 19 heavy (non-hydrogen) atoms. The maximum Gasteiger partial charge on any atom is 0.311 e. The Labute approximate surface area is 112 Å². The van der Waals surface area contributed by atoms with E-state index in [1.807, 2.05) is 0 Å². The van der Waals surface area contributed by atoms with E-state index < -0.39 is 42.1 Å². The van der Waals surface area contributed by atoms with E-state index in [1.165, 1.54) is 7.11 Å². The highest BCUT2D eigenvalue weighted by Crippen LogP contribution is 2.23. The third kappa shape index (κ3) is 3.87. The molecule has 0 spiro atoms. The molecule has 112 valence electrons. The van der Waals surface area contributed by atoms with Crippen LogP contribution >= 0.6 is 0 Å². The van der Waals surface area contributed by atoms with Crippen molar-refractivity contribution in [2.75, 3.05) is 13.7 Å². The average Bonchev–Trinajstić information content (AvgIpc) is 2.33. The number of aliphatic hydroxyl groups excluding tert-OH is 3. The lowest BCUT2D eigenvalue weighted by molar-refractivity contribution is -0.295. The number of aliphatic hydroxyl groups is 3. The Bertz CT molecular complexity index is 310. The predicted molar refractivity (Wildman–Crippen MR) is 64.1 cm³/mol. The highest BCUT2D eigenvalue weighted by Gasteiger charge is 2.44. The van der Waals surface area contributed by atoms with Crippen molar-refractivity contribution in [2.24, 2.45) is 5.41 Å². The number of hydrogen-bond donors (Lipinski definition) is 3. The summed E-state index contributed by atoms with van der Waals surface area (Å²) in [6.07, 6.45) is -6.15. The molecule has 1 aliphatic rings. The normalized spacial score (nSPS) is 36.1. The molecule has 0 unspecified atom stereocenters. The molecule has 0 aromatic carbocycles. The second kappa shape index (κ2) is 6.15. The number of carbonyl (C=O) groups is 1. The molecule has 1 fully saturated rings. The van der Waals surface area contributed by atoms with Crippen molar-refractivity contribution in [3.05, 3.63) is 0 Å². The Hall–Kier alpha value is -0.730. The second-order valence-electron chi connectivity index (χ2n) is 5.60. The van der Waals surface area contributed by atoms with Crippen molar-refractivity contribution in [1.82, 2.24) is 0 Å². The summed E-state index contributed by atoms with van der Waals surface area (Å²) < 4.78 is 15.1. The van der Waals surface area contributed by atoms with Crippen molar-refractivity contribution in [3.63, 3.8) is 0 Å². The fourth-order valence-corrected chi connectivity index (χ4v) is 1.62. The molecule has 0 radical (unpaired) electrons. The largest absolute Gasteiger partial charge is 0.462 e. The predicted octanol–water partition coefficient (Wildman–Crippen LogP) is -0.970. The summed E-state index contributed by atoms with van der Waals surface area (Å²) in [5, 5.41) is 29.0. The van der Waals surface area contributed by atoms with Crippen LogP contribution in [0, 0.1) is 5.41 Å². The highest BCUT2D eigenvalue weighted by molar-refractivity contribution is 5.75. The minimum Gasteiger partial charge on any atom is -0.462 e. The first-order valence-electron chi connectivity index (χ1n) is 6.08. The van der Waals surface area contributed by atoms with Crippen LogP contribution in [0.2, 0.25) is 0 Å². The fourth-order valence-electron chi connectivity index (χ4n) is 1.62. The molecule has 0 aromatic rings. The average molecular weight is 278 g/mol. The minimum atomic E-state index is -1.42. The first-order valence-corrected chi connectivity index (χ1v) is 6.08. The molecule has 7 heteroatoms. The standard InChI is InChI=1S/C12H22O7/c1-12(2,3)11(16)18-5-6-7(13)8(14)9(15)10(17-4)19-6/h6-10,13-15H,5H2,1-4H3/t6-,7-,8+,9-,10-/m1/s1. The van der Waals surface area contributed by atoms with Gasteiger partial charge in [0.15, 0.2) is 6.29 Å². The van der Waals surface area contributed by atoms with Crippen molar-refractivity contribution < 1.29 is 34.3 Å². The SMILES string of the molecule is CO[C@@H]1O[C@H](COC(=O)C(C)(C)C)[C@@H](O)[C@H](O)[C@H]1O. The van der Waals surface area contributed by atoms with Gasteiger partial charge in [0.2, 0.25) is 0 Å². The van der Waals surface area contributed by atoms with Crippen LogP contribution in [0.25, 0.3) is 0 Å². The van der Waals surface area contributed by atoms with E-state index in [2.05, 4.69) is 0 Å². The van der Waals surface area contributed by atoms with Crippen LogP contribution in [0.3, 0.4) is 0 Å². The molecule has 0 amide bonds. The van der Waals surface area contributed by atoms with Crippen molar-refractivity contribution in [1.29, 1.82) is 0 Å². The number of hydrogen-bond acceptors (Lipinski definition) is 7. The molecule has 0 saturated carbocycles. The number of methoxy groups -OCH3 is 1. The lowest BCUT2D eigenvalue weighted by Gasteiger charge is -2.39. The third-order valence-electron chi connectivity index (χ3n) is 2.89. The van der Waals surface area contributed by atoms with Gasteiger partial charge in [0.25, 0.3) is 0 Å². The molecule has 1 rings (SSSR count). The Morgan fingerprint density at radius 2 is 1.74 bits per heavy atom. The zero-order chi connectivity index (χ0) is 14.8. The van der Waals surface area contributed by atoms with Gasteiger partial charge in [-0.05, 0) is 20.8 Å². The van der Waals surface area contributed by atoms with E-state index >= 15 is 0 Å². The van der Waals surface area contributed by atoms with Gasteiger partial charge >= 0.3 is 5.97 Å². The zero-order valence-corrected chi connectivity index (χ0v) is 11.6. The lowest BCUT2D eigenvalue weighted by Crippen LogP contribution is -2.59. The van der Waals surface area contributed by atoms with Gasteiger partial charge in [0, 0.05) is 7.11 Å². The molecule has 5 atom stereocenters. The van der Waals surface area contributed by atoms with E-state index in [1.54, 1.807) is 20.8 Å². The molecule has 0 bridgehead atoms. The topological polar surface area (TPSA) is 105 Å². The van der Waals surface area contributed by atoms with Gasteiger partial charge in [-0.1, -0.05) is 0 Å². The summed E-state index contributed by atoms with van der Waals surface area (Å²) in [7, 11) is 1.30. The molecule has 0 aromatic heterocycles. The fraction of sp³-hybridized carbons (Fsp3) is 0.917. The zero-order valence-electron chi connectivity index (χ0n) is 11.6. The molecule has 1 aliphatic heterocycles. The maximum atomic E-state index is 11.6. The number of rotatable bonds is 3. The van der Waals surface area contributed by atoms with Gasteiger partial charge in [-0.3, -0.25) is 4.79 Å². The van der Waals surface area contributed by atoms with Gasteiger partial charge in [0.1, 0.15) is 31.0 Å². The molecule has 3 N–H and O–H groups in total. The van der Waals surface area contributed by atoms with Crippen LogP contribution in [0.15, 0.2) is 0 Å². The van der Waals surface area contributed by atoms with E-state index in [-0.39, 0.29) is 6.61 Å². The molecular weight excluding hydrogens is 256 g/mol. The van der Waals surface area contributed by atoms with Gasteiger partial charge in [-0.25, -0.2) is 0 Å². The number of carbonyl (C=O) groups excluding carboxylic acids is 1. The molecule has 1 heterocycles. The van der Waals surface area contributed by atoms with Crippen LogP contribution in [0.4, 0.5) is 0 Å². The smallest absolute Gasteiger partial charge is 0.311 e. The van der Waals surface area contributed by atoms with Crippen molar-refractivity contribution >= 4 is 5.97 Å². The van der Waals surface area contributed by atoms with Crippen LogP contribution in [0.5, 0.6) is 0 Å². The highest BCUT2D eigenvalue weighted by atomic mass is 16.7. The van der Waals surface area contributed by atoms with Crippen LogP contribution in [0.1, 0.15) is 20.8 Å². The van der Waals surface area contributed by atoms with Crippen LogP contribution in [-0.4, -0.2) is 65.7 Å². The second-order valence-corrected chi connectivity index (χ2v) is 5.60. The summed E-state index contributed by atoms with van der Waals surface area (Å²) in [5.41, 5.74) is -0.668. The quantitative estimate of drug-likeness (QED) is 0.570. The Balaban J connectivity index is 2.60. The van der Waals surface area contributed by atoms with E-state index in [0.717, 1.165) is 0 Å². The van der Waals surface area contributed by atoms with Crippen LogP contribution < -0.4 is 0 Å². The first-order chi connectivity index (χ1) is 8.68. The van der Waals surface area contributed by atoms with E-state index in [9.17, 15) is 20.1 Å².